The number of imidazole rings is 1. The number of nitrogens with two attached hydrogens (primary N) is 1. The third-order valence-electron chi connectivity index (χ3n) is 3.83. The molecule has 3 N–H and O–H groups in total. The van der Waals surface area contributed by atoms with Gasteiger partial charge >= 0.3 is 0 Å². The minimum Gasteiger partial charge on any atom is -0.382 e. The minimum atomic E-state index is -0.335. The van der Waals surface area contributed by atoms with Crippen molar-refractivity contribution in [1.82, 2.24) is 24.6 Å². The zero-order valence-electron chi connectivity index (χ0n) is 11.1. The smallest absolute Gasteiger partial charge is 0.243 e. The molecule has 1 saturated carbocycles. The monoisotopic (exact) mass is 276 g/mol. The second kappa shape index (κ2) is 4.71. The van der Waals surface area contributed by atoms with Gasteiger partial charge in [-0.3, -0.25) is 10.0 Å². The lowest BCUT2D eigenvalue weighted by molar-refractivity contribution is -0.172. The highest BCUT2D eigenvalue weighted by Crippen LogP contribution is 2.34. The summed E-state index contributed by atoms with van der Waals surface area (Å²) in [6.07, 6.45) is 5.38. The number of aromatic nitrogens is 4. The van der Waals surface area contributed by atoms with Crippen LogP contribution in [-0.2, 0) is 4.79 Å². The molecule has 0 spiro atoms. The van der Waals surface area contributed by atoms with Gasteiger partial charge in [0.25, 0.3) is 0 Å². The van der Waals surface area contributed by atoms with Crippen molar-refractivity contribution in [2.75, 3.05) is 5.73 Å². The summed E-state index contributed by atoms with van der Waals surface area (Å²) in [5.74, 6) is 0.0218. The van der Waals surface area contributed by atoms with Crippen LogP contribution in [0.4, 0.5) is 5.82 Å². The zero-order valence-corrected chi connectivity index (χ0v) is 11.1. The zero-order chi connectivity index (χ0) is 14.3. The normalized spacial score (nSPS) is 22.3. The number of anilines is 1. The fourth-order valence-corrected chi connectivity index (χ4v) is 2.80. The van der Waals surface area contributed by atoms with E-state index in [0.29, 0.717) is 23.4 Å². The molecule has 2 heterocycles. The molecule has 106 valence electrons. The Morgan fingerprint density at radius 1 is 1.45 bits per heavy atom. The SMILES string of the molecule is CC(=O)N(O)[C@@H]1CC[C@H](n2cnc3c(N)ncnc32)C1. The summed E-state index contributed by atoms with van der Waals surface area (Å²) in [5.41, 5.74) is 7.04. The molecule has 8 heteroatoms. The Balaban J connectivity index is 1.87. The van der Waals surface area contributed by atoms with Gasteiger partial charge in [-0.1, -0.05) is 0 Å². The number of rotatable bonds is 2. The maximum absolute atomic E-state index is 11.2. The van der Waals surface area contributed by atoms with Gasteiger partial charge in [0.2, 0.25) is 5.91 Å². The first-order chi connectivity index (χ1) is 9.58. The third-order valence-corrected chi connectivity index (χ3v) is 3.83. The van der Waals surface area contributed by atoms with E-state index in [1.54, 1.807) is 6.33 Å². The van der Waals surface area contributed by atoms with Crippen molar-refractivity contribution in [1.29, 1.82) is 0 Å². The van der Waals surface area contributed by atoms with E-state index in [4.69, 9.17) is 5.73 Å². The van der Waals surface area contributed by atoms with E-state index in [0.717, 1.165) is 17.9 Å². The Hall–Kier alpha value is -2.22. The Bertz CT molecular complexity index is 654. The lowest BCUT2D eigenvalue weighted by atomic mass is 10.2. The Labute approximate surface area is 115 Å². The van der Waals surface area contributed by atoms with Crippen LogP contribution in [-0.4, -0.2) is 41.7 Å². The summed E-state index contributed by atoms with van der Waals surface area (Å²) in [7, 11) is 0. The van der Waals surface area contributed by atoms with Crippen molar-refractivity contribution in [2.45, 2.75) is 38.3 Å². The molecule has 0 aromatic carbocycles. The number of carbonyl (C=O) groups is 1. The van der Waals surface area contributed by atoms with Crippen LogP contribution in [0.15, 0.2) is 12.7 Å². The average Bonchev–Trinajstić information content (AvgIpc) is 3.04. The van der Waals surface area contributed by atoms with Gasteiger partial charge in [-0.15, -0.1) is 0 Å². The molecule has 1 amide bonds. The fraction of sp³-hybridized carbons (Fsp3) is 0.500. The highest BCUT2D eigenvalue weighted by atomic mass is 16.5. The average molecular weight is 276 g/mol. The molecule has 0 unspecified atom stereocenters. The Morgan fingerprint density at radius 3 is 3.00 bits per heavy atom. The fourth-order valence-electron chi connectivity index (χ4n) is 2.80. The lowest BCUT2D eigenvalue weighted by Crippen LogP contribution is -2.34. The van der Waals surface area contributed by atoms with E-state index in [1.807, 2.05) is 4.57 Å². The van der Waals surface area contributed by atoms with E-state index in [-0.39, 0.29) is 18.0 Å². The summed E-state index contributed by atoms with van der Waals surface area (Å²) in [5, 5.41) is 10.5. The van der Waals surface area contributed by atoms with Gasteiger partial charge in [0, 0.05) is 13.0 Å². The standard InChI is InChI=1S/C12H16N6O2/c1-7(19)18(20)9-3-2-8(4-9)17-6-16-10-11(13)14-5-15-12(10)17/h5-6,8-9,20H,2-4H2,1H3,(H2,13,14,15)/t8-,9+/m0/s1. The van der Waals surface area contributed by atoms with Crippen LogP contribution in [0, 0.1) is 0 Å². The molecule has 1 fully saturated rings. The molecule has 3 rings (SSSR count). The number of hydrogen-bond acceptors (Lipinski definition) is 6. The predicted molar refractivity (Wildman–Crippen MR) is 70.7 cm³/mol. The van der Waals surface area contributed by atoms with Gasteiger partial charge in [-0.05, 0) is 19.3 Å². The molecule has 1 aliphatic rings. The second-order valence-electron chi connectivity index (χ2n) is 5.07. The number of amides is 1. The number of fused-ring (bicyclic) bond motifs is 1. The molecule has 2 atom stereocenters. The van der Waals surface area contributed by atoms with Crippen LogP contribution in [0.2, 0.25) is 0 Å². The van der Waals surface area contributed by atoms with E-state index in [1.165, 1.54) is 13.3 Å². The van der Waals surface area contributed by atoms with Crippen LogP contribution in [0.3, 0.4) is 0 Å². The molecule has 2 aromatic heterocycles. The maximum atomic E-state index is 11.2. The van der Waals surface area contributed by atoms with Crippen molar-refractivity contribution < 1.29 is 10.0 Å². The van der Waals surface area contributed by atoms with Crippen molar-refractivity contribution in [2.24, 2.45) is 0 Å². The Kier molecular flexibility index (Phi) is 3.01. The number of hydrogen-bond donors (Lipinski definition) is 2. The van der Waals surface area contributed by atoms with Crippen LogP contribution >= 0.6 is 0 Å². The topological polar surface area (TPSA) is 110 Å². The van der Waals surface area contributed by atoms with E-state index in [2.05, 4.69) is 15.0 Å². The van der Waals surface area contributed by atoms with Crippen molar-refractivity contribution >= 4 is 22.9 Å². The first-order valence-electron chi connectivity index (χ1n) is 6.49. The lowest BCUT2D eigenvalue weighted by Gasteiger charge is -2.20. The van der Waals surface area contributed by atoms with Crippen molar-refractivity contribution in [3.63, 3.8) is 0 Å². The Morgan fingerprint density at radius 2 is 2.25 bits per heavy atom. The van der Waals surface area contributed by atoms with E-state index in [9.17, 15) is 10.0 Å². The number of nitrogens with zero attached hydrogens (tertiary/aromatic N) is 5. The van der Waals surface area contributed by atoms with Crippen LogP contribution in [0.5, 0.6) is 0 Å². The summed E-state index contributed by atoms with van der Waals surface area (Å²) in [6.45, 7) is 1.36. The predicted octanol–water partition coefficient (Wildman–Crippen LogP) is 0.740. The van der Waals surface area contributed by atoms with Gasteiger partial charge in [-0.2, -0.15) is 0 Å². The van der Waals surface area contributed by atoms with Gasteiger partial charge in [-0.25, -0.2) is 20.0 Å². The van der Waals surface area contributed by atoms with Gasteiger partial charge in [0.15, 0.2) is 11.5 Å². The molecule has 0 radical (unpaired) electrons. The van der Waals surface area contributed by atoms with Crippen LogP contribution < -0.4 is 5.73 Å². The second-order valence-corrected chi connectivity index (χ2v) is 5.07. The summed E-state index contributed by atoms with van der Waals surface area (Å²) < 4.78 is 1.95. The molecule has 20 heavy (non-hydrogen) atoms. The van der Waals surface area contributed by atoms with Crippen molar-refractivity contribution in [3.8, 4) is 0 Å². The maximum Gasteiger partial charge on any atom is 0.243 e. The molecule has 0 saturated heterocycles. The first kappa shape index (κ1) is 12.8. The highest BCUT2D eigenvalue weighted by Gasteiger charge is 2.32. The molecule has 8 nitrogen and oxygen atoms in total. The third kappa shape index (κ3) is 1.97. The molecule has 0 aliphatic heterocycles. The van der Waals surface area contributed by atoms with E-state index >= 15 is 0 Å². The van der Waals surface area contributed by atoms with Crippen LogP contribution in [0.25, 0.3) is 11.2 Å². The largest absolute Gasteiger partial charge is 0.382 e. The number of hydroxylamine groups is 2. The molecular formula is C12H16N6O2. The summed E-state index contributed by atoms with van der Waals surface area (Å²) in [4.78, 5) is 23.6. The minimum absolute atomic E-state index is 0.147. The molecular weight excluding hydrogens is 260 g/mol. The van der Waals surface area contributed by atoms with Gasteiger partial charge < -0.3 is 10.3 Å². The summed E-state index contributed by atoms with van der Waals surface area (Å²) in [6, 6.07) is -0.0116. The summed E-state index contributed by atoms with van der Waals surface area (Å²) >= 11 is 0. The highest BCUT2D eigenvalue weighted by molar-refractivity contribution is 5.81. The van der Waals surface area contributed by atoms with Crippen molar-refractivity contribution in [3.05, 3.63) is 12.7 Å². The van der Waals surface area contributed by atoms with Gasteiger partial charge in [0.1, 0.15) is 11.8 Å². The molecule has 0 bridgehead atoms. The molecule has 1 aliphatic carbocycles. The van der Waals surface area contributed by atoms with Crippen LogP contribution in [0.1, 0.15) is 32.2 Å². The number of nitrogen functional groups attached to an aromatic ring is 1. The van der Waals surface area contributed by atoms with E-state index < -0.39 is 0 Å². The first-order valence-corrected chi connectivity index (χ1v) is 6.49. The van der Waals surface area contributed by atoms with Gasteiger partial charge in [0.05, 0.1) is 12.4 Å². The molecule has 2 aromatic rings. The number of carbonyl (C=O) groups excluding carboxylic acids is 1. The quantitative estimate of drug-likeness (QED) is 0.618.